The van der Waals surface area contributed by atoms with Gasteiger partial charge in [0.2, 0.25) is 5.91 Å². The van der Waals surface area contributed by atoms with Crippen LogP contribution >= 0.6 is 0 Å². The minimum atomic E-state index is 0.0000366. The summed E-state index contributed by atoms with van der Waals surface area (Å²) >= 11 is 0. The molecule has 29 heavy (non-hydrogen) atoms. The smallest absolute Gasteiger partial charge is 0.246 e. The van der Waals surface area contributed by atoms with Gasteiger partial charge >= 0.3 is 0 Å². The molecular formula is C21H21N7O. The van der Waals surface area contributed by atoms with Crippen molar-refractivity contribution in [2.75, 3.05) is 18.4 Å². The molecule has 1 N–H and O–H groups in total. The molecule has 0 radical (unpaired) electrons. The minimum absolute atomic E-state index is 0.0000366. The summed E-state index contributed by atoms with van der Waals surface area (Å²) in [6, 6.07) is 5.69. The first-order chi connectivity index (χ1) is 14.2. The summed E-state index contributed by atoms with van der Waals surface area (Å²) in [7, 11) is 0. The number of aromatic nitrogens is 5. The maximum absolute atomic E-state index is 12.5. The summed E-state index contributed by atoms with van der Waals surface area (Å²) in [5.74, 6) is 2.15. The molecule has 1 unspecified atom stereocenters. The zero-order valence-electron chi connectivity index (χ0n) is 16.1. The second-order valence-electron chi connectivity index (χ2n) is 6.83. The largest absolute Gasteiger partial charge is 0.338 e. The molecule has 1 atom stereocenters. The van der Waals surface area contributed by atoms with Crippen LogP contribution in [0.2, 0.25) is 0 Å². The minimum Gasteiger partial charge on any atom is -0.338 e. The molecule has 8 heteroatoms. The predicted molar refractivity (Wildman–Crippen MR) is 109 cm³/mol. The van der Waals surface area contributed by atoms with Crippen molar-refractivity contribution in [1.82, 2.24) is 29.8 Å². The Labute approximate surface area is 168 Å². The van der Waals surface area contributed by atoms with Crippen molar-refractivity contribution in [2.24, 2.45) is 0 Å². The number of carbonyl (C=O) groups excluding carboxylic acids is 1. The SMILES string of the molecule is Cc1nc(Nc2cnccn2)cc(C2CCN(C(=O)/C=C/c3cccnc3)C2)n1. The van der Waals surface area contributed by atoms with Gasteiger partial charge < -0.3 is 10.2 Å². The third-order valence-electron chi connectivity index (χ3n) is 4.70. The molecule has 3 aromatic heterocycles. The van der Waals surface area contributed by atoms with E-state index in [2.05, 4.69) is 30.2 Å². The molecule has 0 spiro atoms. The number of pyridine rings is 1. The Morgan fingerprint density at radius 2 is 2.07 bits per heavy atom. The third kappa shape index (κ3) is 4.78. The first kappa shape index (κ1) is 18.7. The second kappa shape index (κ2) is 8.55. The molecule has 3 aromatic rings. The average molecular weight is 387 g/mol. The standard InChI is InChI=1S/C21H21N7O/c1-15-25-18(11-19(26-15)27-20-13-23-8-9-24-20)17-6-10-28(14-17)21(29)5-4-16-3-2-7-22-12-16/h2-5,7-9,11-13,17H,6,10,14H2,1H3,(H,24,25,26,27)/b5-4+. The van der Waals surface area contributed by atoms with E-state index in [9.17, 15) is 4.79 Å². The highest BCUT2D eigenvalue weighted by atomic mass is 16.2. The average Bonchev–Trinajstić information content (AvgIpc) is 3.24. The lowest BCUT2D eigenvalue weighted by atomic mass is 10.0. The highest BCUT2D eigenvalue weighted by Gasteiger charge is 2.27. The van der Waals surface area contributed by atoms with Gasteiger partial charge in [-0.15, -0.1) is 0 Å². The van der Waals surface area contributed by atoms with Gasteiger partial charge in [0.15, 0.2) is 0 Å². The van der Waals surface area contributed by atoms with Gasteiger partial charge in [-0.25, -0.2) is 15.0 Å². The molecule has 1 fully saturated rings. The summed E-state index contributed by atoms with van der Waals surface area (Å²) in [6.07, 6.45) is 12.6. The highest BCUT2D eigenvalue weighted by molar-refractivity contribution is 5.92. The Morgan fingerprint density at radius 3 is 2.86 bits per heavy atom. The second-order valence-corrected chi connectivity index (χ2v) is 6.83. The number of hydrogen-bond acceptors (Lipinski definition) is 7. The fraction of sp³-hybridized carbons (Fsp3) is 0.238. The molecule has 1 amide bonds. The van der Waals surface area contributed by atoms with E-state index in [0.717, 1.165) is 17.7 Å². The van der Waals surface area contributed by atoms with Gasteiger partial charge in [-0.05, 0) is 31.1 Å². The highest BCUT2D eigenvalue weighted by Crippen LogP contribution is 2.28. The Morgan fingerprint density at radius 1 is 1.17 bits per heavy atom. The molecule has 4 rings (SSSR count). The van der Waals surface area contributed by atoms with Crippen molar-refractivity contribution in [3.63, 3.8) is 0 Å². The lowest BCUT2D eigenvalue weighted by Crippen LogP contribution is -2.26. The van der Waals surface area contributed by atoms with Crippen LogP contribution in [0.25, 0.3) is 6.08 Å². The normalized spacial score (nSPS) is 16.3. The van der Waals surface area contributed by atoms with Crippen LogP contribution in [-0.4, -0.2) is 48.8 Å². The van der Waals surface area contributed by atoms with Crippen molar-refractivity contribution in [1.29, 1.82) is 0 Å². The van der Waals surface area contributed by atoms with Gasteiger partial charge in [0.25, 0.3) is 0 Å². The quantitative estimate of drug-likeness (QED) is 0.672. The van der Waals surface area contributed by atoms with E-state index in [1.54, 1.807) is 43.1 Å². The molecule has 4 heterocycles. The predicted octanol–water partition coefficient (Wildman–Crippen LogP) is 2.74. The molecule has 1 aliphatic rings. The zero-order valence-corrected chi connectivity index (χ0v) is 16.1. The number of hydrogen-bond donors (Lipinski definition) is 1. The first-order valence-corrected chi connectivity index (χ1v) is 9.43. The molecule has 0 aromatic carbocycles. The van der Waals surface area contributed by atoms with Crippen LogP contribution < -0.4 is 5.32 Å². The number of nitrogens with zero attached hydrogens (tertiary/aromatic N) is 6. The van der Waals surface area contributed by atoms with Crippen LogP contribution in [0, 0.1) is 6.92 Å². The maximum atomic E-state index is 12.5. The molecule has 8 nitrogen and oxygen atoms in total. The van der Waals surface area contributed by atoms with Gasteiger partial charge in [0.1, 0.15) is 17.5 Å². The summed E-state index contributed by atoms with van der Waals surface area (Å²) in [4.78, 5) is 35.7. The monoisotopic (exact) mass is 387 g/mol. The van der Waals surface area contributed by atoms with Gasteiger partial charge in [0, 0.05) is 55.9 Å². The number of likely N-dealkylation sites (tertiary alicyclic amines) is 1. The topological polar surface area (TPSA) is 96.8 Å². The number of amides is 1. The number of anilines is 2. The lowest BCUT2D eigenvalue weighted by molar-refractivity contribution is -0.124. The Kier molecular flexibility index (Phi) is 5.51. The van der Waals surface area contributed by atoms with Crippen LogP contribution in [0.1, 0.15) is 29.4 Å². The van der Waals surface area contributed by atoms with E-state index < -0.39 is 0 Å². The van der Waals surface area contributed by atoms with Crippen molar-refractivity contribution in [3.05, 3.63) is 72.3 Å². The van der Waals surface area contributed by atoms with Crippen molar-refractivity contribution < 1.29 is 4.79 Å². The summed E-state index contributed by atoms with van der Waals surface area (Å²) in [5, 5.41) is 3.16. The number of aryl methyl sites for hydroxylation is 1. The van der Waals surface area contributed by atoms with Crippen molar-refractivity contribution in [3.8, 4) is 0 Å². The molecule has 0 aliphatic carbocycles. The molecule has 0 saturated carbocycles. The Bertz CT molecular complexity index is 1010. The fourth-order valence-corrected chi connectivity index (χ4v) is 3.31. The Hall–Kier alpha value is -3.68. The lowest BCUT2D eigenvalue weighted by Gasteiger charge is -2.15. The van der Waals surface area contributed by atoms with Crippen LogP contribution in [0.15, 0.2) is 55.3 Å². The number of carbonyl (C=O) groups is 1. The molecule has 146 valence electrons. The molecule has 1 aliphatic heterocycles. The van der Waals surface area contributed by atoms with Crippen LogP contribution in [0.3, 0.4) is 0 Å². The van der Waals surface area contributed by atoms with Gasteiger partial charge in [-0.3, -0.25) is 14.8 Å². The van der Waals surface area contributed by atoms with E-state index in [1.807, 2.05) is 30.0 Å². The van der Waals surface area contributed by atoms with E-state index in [0.29, 0.717) is 30.5 Å². The summed E-state index contributed by atoms with van der Waals surface area (Å²) in [5.41, 5.74) is 1.83. The first-order valence-electron chi connectivity index (χ1n) is 9.43. The number of rotatable bonds is 5. The van der Waals surface area contributed by atoms with Gasteiger partial charge in [-0.2, -0.15) is 0 Å². The van der Waals surface area contributed by atoms with Crippen LogP contribution in [0.5, 0.6) is 0 Å². The zero-order chi connectivity index (χ0) is 20.1. The van der Waals surface area contributed by atoms with Crippen LogP contribution in [0.4, 0.5) is 11.6 Å². The summed E-state index contributed by atoms with van der Waals surface area (Å²) in [6.45, 7) is 3.20. The molecular weight excluding hydrogens is 366 g/mol. The Balaban J connectivity index is 1.43. The summed E-state index contributed by atoms with van der Waals surface area (Å²) < 4.78 is 0. The van der Waals surface area contributed by atoms with Crippen molar-refractivity contribution in [2.45, 2.75) is 19.3 Å². The van der Waals surface area contributed by atoms with E-state index in [4.69, 9.17) is 0 Å². The maximum Gasteiger partial charge on any atom is 0.246 e. The van der Waals surface area contributed by atoms with Gasteiger partial charge in [0.05, 0.1) is 11.9 Å². The van der Waals surface area contributed by atoms with Crippen molar-refractivity contribution >= 4 is 23.6 Å². The van der Waals surface area contributed by atoms with Crippen LogP contribution in [-0.2, 0) is 4.79 Å². The number of nitrogens with one attached hydrogen (secondary N) is 1. The third-order valence-corrected chi connectivity index (χ3v) is 4.70. The van der Waals surface area contributed by atoms with E-state index >= 15 is 0 Å². The van der Waals surface area contributed by atoms with E-state index in [-0.39, 0.29) is 11.8 Å². The fourth-order valence-electron chi connectivity index (χ4n) is 3.31. The molecule has 1 saturated heterocycles. The van der Waals surface area contributed by atoms with Gasteiger partial charge in [-0.1, -0.05) is 6.07 Å². The van der Waals surface area contributed by atoms with E-state index in [1.165, 1.54) is 0 Å². The molecule has 0 bridgehead atoms.